The van der Waals surface area contributed by atoms with E-state index < -0.39 is 22.0 Å². The lowest BCUT2D eigenvalue weighted by Crippen LogP contribution is -2.37. The summed E-state index contributed by atoms with van der Waals surface area (Å²) in [5.41, 5.74) is 2.67. The third kappa shape index (κ3) is 3.42. The Balaban J connectivity index is 1.61. The quantitative estimate of drug-likeness (QED) is 0.433. The van der Waals surface area contributed by atoms with Crippen molar-refractivity contribution in [2.45, 2.75) is 30.7 Å². The zero-order valence-electron chi connectivity index (χ0n) is 21.2. The van der Waals surface area contributed by atoms with E-state index in [1.165, 1.54) is 0 Å². The van der Waals surface area contributed by atoms with Gasteiger partial charge in [0.25, 0.3) is 10.0 Å². The molecule has 0 N–H and O–H groups in total. The molecule has 2 fully saturated rings. The minimum atomic E-state index is -3.93. The van der Waals surface area contributed by atoms with E-state index in [0.29, 0.717) is 11.5 Å². The van der Waals surface area contributed by atoms with E-state index in [1.807, 2.05) is 54.6 Å². The Kier molecular flexibility index (Phi) is 5.75. The van der Waals surface area contributed by atoms with Crippen LogP contribution in [0.4, 0.5) is 0 Å². The molecule has 1 aliphatic heterocycles. The fourth-order valence-corrected chi connectivity index (χ4v) is 9.14. The number of Topliss-reactive ketones (excluding diaryl/α,β-unsaturated/α-hetero) is 1. The summed E-state index contributed by atoms with van der Waals surface area (Å²) < 4.78 is 36.4. The molecule has 3 aliphatic rings. The van der Waals surface area contributed by atoms with Gasteiger partial charge in [-0.15, -0.1) is 0 Å². The van der Waals surface area contributed by atoms with E-state index in [9.17, 15) is 13.2 Å². The summed E-state index contributed by atoms with van der Waals surface area (Å²) in [7, 11) is -2.36. The molecule has 0 radical (unpaired) electrons. The molecule has 0 amide bonds. The highest BCUT2D eigenvalue weighted by atomic mass is 32.2. The van der Waals surface area contributed by atoms with E-state index in [-0.39, 0.29) is 40.3 Å². The van der Waals surface area contributed by atoms with Gasteiger partial charge in [-0.2, -0.15) is 0 Å². The van der Waals surface area contributed by atoms with Gasteiger partial charge in [0.05, 0.1) is 29.7 Å². The third-order valence-corrected chi connectivity index (χ3v) is 10.6. The van der Waals surface area contributed by atoms with Crippen LogP contribution in [0.2, 0.25) is 0 Å². The number of ketones is 1. The third-order valence-electron chi connectivity index (χ3n) is 8.76. The molecule has 0 aromatic heterocycles. The van der Waals surface area contributed by atoms with E-state index in [4.69, 9.17) is 4.74 Å². The number of fused-ring (bicyclic) bond motifs is 4. The van der Waals surface area contributed by atoms with Crippen LogP contribution in [0.5, 0.6) is 0 Å². The molecular weight excluding hydrogens is 482 g/mol. The summed E-state index contributed by atoms with van der Waals surface area (Å²) in [5.74, 6) is -0.492. The second-order valence-electron chi connectivity index (χ2n) is 10.5. The highest BCUT2D eigenvalue weighted by Gasteiger charge is 2.65. The molecule has 1 heterocycles. The minimum absolute atomic E-state index is 0.0470. The monoisotopic (exact) mass is 513 g/mol. The first-order valence-corrected chi connectivity index (χ1v) is 14.3. The number of nitrogens with zero attached hydrogens (tertiary/aromatic N) is 1. The number of carbonyl (C=O) groups excluding carboxylic acids is 1. The van der Waals surface area contributed by atoms with Crippen molar-refractivity contribution < 1.29 is 17.9 Å². The van der Waals surface area contributed by atoms with E-state index in [1.54, 1.807) is 35.7 Å². The molecule has 6 rings (SSSR count). The van der Waals surface area contributed by atoms with Gasteiger partial charge in [0.15, 0.2) is 0 Å². The Labute approximate surface area is 218 Å². The van der Waals surface area contributed by atoms with Crippen molar-refractivity contribution >= 4 is 15.8 Å². The summed E-state index contributed by atoms with van der Waals surface area (Å²) in [6, 6.07) is 28.0. The number of methoxy groups -OCH3 is 1. The molecule has 6 heteroatoms. The average molecular weight is 514 g/mol. The van der Waals surface area contributed by atoms with Crippen molar-refractivity contribution in [2.75, 3.05) is 7.11 Å². The van der Waals surface area contributed by atoms with Crippen LogP contribution in [0.3, 0.4) is 0 Å². The lowest BCUT2D eigenvalue weighted by atomic mass is 9.72. The van der Waals surface area contributed by atoms with Crippen LogP contribution in [0.15, 0.2) is 107 Å². The lowest BCUT2D eigenvalue weighted by molar-refractivity contribution is -0.126. The lowest BCUT2D eigenvalue weighted by Gasteiger charge is -2.33. The fourth-order valence-electron chi connectivity index (χ4n) is 7.33. The first-order valence-electron chi connectivity index (χ1n) is 12.9. The normalized spacial score (nSPS) is 30.9. The first kappa shape index (κ1) is 24.0. The molecule has 5 nitrogen and oxygen atoms in total. The predicted molar refractivity (Wildman–Crippen MR) is 142 cm³/mol. The number of rotatable bonds is 5. The molecule has 0 spiro atoms. The zero-order valence-corrected chi connectivity index (χ0v) is 22.0. The Hall–Kier alpha value is -3.38. The van der Waals surface area contributed by atoms with Gasteiger partial charge < -0.3 is 4.74 Å². The summed E-state index contributed by atoms with van der Waals surface area (Å²) in [6.45, 7) is 4.24. The maximum atomic E-state index is 14.4. The Morgan fingerprint density at radius 3 is 1.81 bits per heavy atom. The summed E-state index contributed by atoms with van der Waals surface area (Å²) in [5, 5.41) is 0. The van der Waals surface area contributed by atoms with Crippen molar-refractivity contribution in [1.29, 1.82) is 0 Å². The maximum absolute atomic E-state index is 14.4. The second kappa shape index (κ2) is 8.88. The van der Waals surface area contributed by atoms with Crippen molar-refractivity contribution in [3.63, 3.8) is 0 Å². The van der Waals surface area contributed by atoms with Crippen LogP contribution in [0.1, 0.15) is 36.9 Å². The van der Waals surface area contributed by atoms with Gasteiger partial charge in [-0.3, -0.25) is 9.10 Å². The van der Waals surface area contributed by atoms with Crippen LogP contribution in [0.25, 0.3) is 0 Å². The molecule has 7 atom stereocenters. The van der Waals surface area contributed by atoms with Crippen molar-refractivity contribution in [1.82, 2.24) is 4.31 Å². The van der Waals surface area contributed by atoms with Gasteiger partial charge in [0, 0.05) is 17.8 Å². The summed E-state index contributed by atoms with van der Waals surface area (Å²) in [4.78, 5) is 14.3. The molecule has 190 valence electrons. The van der Waals surface area contributed by atoms with Crippen LogP contribution in [0, 0.1) is 29.6 Å². The second-order valence-corrected chi connectivity index (χ2v) is 12.3. The predicted octanol–water partition coefficient (Wildman–Crippen LogP) is 5.79. The van der Waals surface area contributed by atoms with Crippen LogP contribution < -0.4 is 0 Å². The summed E-state index contributed by atoms with van der Waals surface area (Å²) >= 11 is 0. The number of ether oxygens (including phenoxy) is 1. The maximum Gasteiger partial charge on any atom is 0.264 e. The van der Waals surface area contributed by atoms with E-state index in [0.717, 1.165) is 11.1 Å². The Bertz CT molecular complexity index is 1450. The minimum Gasteiger partial charge on any atom is -0.498 e. The average Bonchev–Trinajstić information content (AvgIpc) is 3.32. The van der Waals surface area contributed by atoms with Crippen molar-refractivity contribution in [3.05, 3.63) is 114 Å². The SMILES string of the molecule is COC1=C2[C@@H]([C@H](C)[C@@H](c3ccccc3)N2S(=O)(=O)c2ccccc2)[C@H]2C(=O)[C@@H]1[C@@H](c1ccccc1)[C@@H]2C. The Morgan fingerprint density at radius 2 is 1.24 bits per heavy atom. The van der Waals surface area contributed by atoms with Gasteiger partial charge in [-0.1, -0.05) is 92.7 Å². The highest BCUT2D eigenvalue weighted by molar-refractivity contribution is 7.89. The highest BCUT2D eigenvalue weighted by Crippen LogP contribution is 2.64. The molecule has 2 bridgehead atoms. The van der Waals surface area contributed by atoms with Gasteiger partial charge in [-0.25, -0.2) is 8.42 Å². The van der Waals surface area contributed by atoms with E-state index >= 15 is 0 Å². The number of allylic oxidation sites excluding steroid dienone is 2. The Morgan fingerprint density at radius 1 is 0.703 bits per heavy atom. The molecule has 2 aliphatic carbocycles. The van der Waals surface area contributed by atoms with Crippen LogP contribution >= 0.6 is 0 Å². The molecular formula is C31H31NO4S. The number of benzene rings is 3. The number of carbonyl (C=O) groups is 1. The molecule has 1 saturated heterocycles. The smallest absolute Gasteiger partial charge is 0.264 e. The molecule has 3 aromatic rings. The molecule has 1 saturated carbocycles. The van der Waals surface area contributed by atoms with Crippen LogP contribution in [-0.4, -0.2) is 25.6 Å². The zero-order chi connectivity index (χ0) is 25.9. The van der Waals surface area contributed by atoms with Gasteiger partial charge in [0.2, 0.25) is 0 Å². The van der Waals surface area contributed by atoms with Gasteiger partial charge in [0.1, 0.15) is 11.5 Å². The van der Waals surface area contributed by atoms with Crippen molar-refractivity contribution in [2.24, 2.45) is 29.6 Å². The first-order chi connectivity index (χ1) is 17.9. The molecule has 37 heavy (non-hydrogen) atoms. The summed E-state index contributed by atoms with van der Waals surface area (Å²) in [6.07, 6.45) is 0. The fraction of sp³-hybridized carbons (Fsp3) is 0.323. The number of sulfonamides is 1. The largest absolute Gasteiger partial charge is 0.498 e. The van der Waals surface area contributed by atoms with E-state index in [2.05, 4.69) is 26.0 Å². The standard InChI is InChI=1S/C31H31NO4S/c1-19-24(21-13-7-4-8-14-21)27-30(33)26(19)25-20(2)28(22-15-9-5-10-16-22)32(29(25)31(27)36-3)37(34,35)23-17-11-6-12-18-23/h4-20,24-28H,1-3H3/t19-,20-,24+,25-,26-,27-,28-/m0/s1. The van der Waals surface area contributed by atoms with Crippen LogP contribution in [-0.2, 0) is 19.6 Å². The number of hydrogen-bond donors (Lipinski definition) is 0. The van der Waals surface area contributed by atoms with Gasteiger partial charge >= 0.3 is 0 Å². The topological polar surface area (TPSA) is 63.7 Å². The van der Waals surface area contributed by atoms with Crippen molar-refractivity contribution in [3.8, 4) is 0 Å². The molecule has 0 unspecified atom stereocenters. The molecule has 3 aromatic carbocycles. The van der Waals surface area contributed by atoms with Gasteiger partial charge in [-0.05, 0) is 35.1 Å². The number of hydrogen-bond acceptors (Lipinski definition) is 4.